The van der Waals surface area contributed by atoms with Crippen molar-refractivity contribution in [1.29, 1.82) is 5.26 Å². The van der Waals surface area contributed by atoms with Crippen molar-refractivity contribution in [2.45, 2.75) is 32.4 Å². The van der Waals surface area contributed by atoms with Gasteiger partial charge in [0.25, 0.3) is 0 Å². The Hall–Kier alpha value is -1.73. The average Bonchev–Trinajstić information content (AvgIpc) is 2.42. The maximum atomic E-state index is 8.94. The van der Waals surface area contributed by atoms with Gasteiger partial charge in [0.05, 0.1) is 25.1 Å². The fraction of sp³-hybridized carbons (Fsp3) is 0.533. The summed E-state index contributed by atoms with van der Waals surface area (Å²) in [4.78, 5) is 2.32. The molecule has 0 bridgehead atoms. The predicted molar refractivity (Wildman–Crippen MR) is 76.4 cm³/mol. The first kappa shape index (κ1) is 13.7. The van der Waals surface area contributed by atoms with Gasteiger partial charge in [-0.1, -0.05) is 0 Å². The summed E-state index contributed by atoms with van der Waals surface area (Å²) in [5.74, 6) is 0.895. The van der Waals surface area contributed by atoms with Crippen LogP contribution in [0.25, 0.3) is 0 Å². The summed E-state index contributed by atoms with van der Waals surface area (Å²) in [6, 6.07) is 11.1. The summed E-state index contributed by atoms with van der Waals surface area (Å²) >= 11 is 0. The van der Waals surface area contributed by atoms with E-state index < -0.39 is 0 Å². The van der Waals surface area contributed by atoms with Crippen LogP contribution in [0.15, 0.2) is 24.3 Å². The van der Waals surface area contributed by atoms with Crippen molar-refractivity contribution < 1.29 is 4.74 Å². The van der Waals surface area contributed by atoms with E-state index in [-0.39, 0.29) is 6.04 Å². The molecule has 102 valence electrons. The van der Waals surface area contributed by atoms with E-state index >= 15 is 0 Å². The molecule has 0 aliphatic carbocycles. The second-order valence-corrected chi connectivity index (χ2v) is 4.90. The molecule has 1 aromatic carbocycles. The second kappa shape index (κ2) is 6.44. The Labute approximate surface area is 115 Å². The van der Waals surface area contributed by atoms with E-state index in [9.17, 15) is 0 Å². The van der Waals surface area contributed by atoms with Gasteiger partial charge in [0.1, 0.15) is 5.75 Å². The highest BCUT2D eigenvalue weighted by Crippen LogP contribution is 2.24. The van der Waals surface area contributed by atoms with Crippen LogP contribution in [-0.4, -0.2) is 31.8 Å². The van der Waals surface area contributed by atoms with Gasteiger partial charge in [0.2, 0.25) is 0 Å². The van der Waals surface area contributed by atoms with Crippen LogP contribution in [-0.2, 0) is 0 Å². The molecular formula is C15H21N3O. The van der Waals surface area contributed by atoms with Crippen LogP contribution in [0.2, 0.25) is 0 Å². The monoisotopic (exact) mass is 259 g/mol. The molecule has 2 rings (SSSR count). The minimum Gasteiger partial charge on any atom is -0.494 e. The van der Waals surface area contributed by atoms with Gasteiger partial charge in [0, 0.05) is 24.8 Å². The van der Waals surface area contributed by atoms with Crippen molar-refractivity contribution in [3.63, 3.8) is 0 Å². The Bertz CT molecular complexity index is 438. The number of hydrogen-bond donors (Lipinski definition) is 1. The maximum absolute atomic E-state index is 8.94. The standard InChI is InChI=1S/C15H21N3O/c1-3-19-15-6-4-13(5-7-15)18-11-12(2)17-10-14(18)8-9-16/h4-7,12,14,17H,3,8,10-11H2,1-2H3. The molecule has 19 heavy (non-hydrogen) atoms. The van der Waals surface area contributed by atoms with Gasteiger partial charge in [-0.15, -0.1) is 0 Å². The highest BCUT2D eigenvalue weighted by Gasteiger charge is 2.25. The van der Waals surface area contributed by atoms with Crippen molar-refractivity contribution in [3.8, 4) is 11.8 Å². The van der Waals surface area contributed by atoms with E-state index in [2.05, 4.69) is 35.3 Å². The molecule has 2 atom stereocenters. The van der Waals surface area contributed by atoms with Crippen molar-refractivity contribution in [2.24, 2.45) is 0 Å². The van der Waals surface area contributed by atoms with Gasteiger partial charge in [-0.2, -0.15) is 5.26 Å². The van der Waals surface area contributed by atoms with E-state index in [0.717, 1.165) is 24.5 Å². The third kappa shape index (κ3) is 3.39. The molecule has 1 aromatic rings. The molecule has 1 aliphatic rings. The number of nitrogens with zero attached hydrogens (tertiary/aromatic N) is 2. The van der Waals surface area contributed by atoms with Crippen LogP contribution in [0, 0.1) is 11.3 Å². The maximum Gasteiger partial charge on any atom is 0.119 e. The first-order chi connectivity index (χ1) is 9.24. The zero-order valence-corrected chi connectivity index (χ0v) is 11.6. The number of hydrogen-bond acceptors (Lipinski definition) is 4. The minimum atomic E-state index is 0.249. The molecule has 1 N–H and O–H groups in total. The third-order valence-corrected chi connectivity index (χ3v) is 3.42. The summed E-state index contributed by atoms with van der Waals surface area (Å²) in [7, 11) is 0. The van der Waals surface area contributed by atoms with Gasteiger partial charge in [-0.3, -0.25) is 0 Å². The Morgan fingerprint density at radius 2 is 2.16 bits per heavy atom. The zero-order valence-electron chi connectivity index (χ0n) is 11.6. The molecule has 1 aliphatic heterocycles. The SMILES string of the molecule is CCOc1ccc(N2CC(C)NCC2CC#N)cc1. The molecule has 0 amide bonds. The number of rotatable bonds is 4. The Morgan fingerprint density at radius 3 is 2.79 bits per heavy atom. The normalized spacial score (nSPS) is 22.9. The summed E-state index contributed by atoms with van der Waals surface area (Å²) in [5.41, 5.74) is 1.16. The number of piperazine rings is 1. The molecule has 1 fully saturated rings. The Kier molecular flexibility index (Phi) is 4.64. The van der Waals surface area contributed by atoms with Gasteiger partial charge in [-0.25, -0.2) is 0 Å². The molecular weight excluding hydrogens is 238 g/mol. The third-order valence-electron chi connectivity index (χ3n) is 3.42. The predicted octanol–water partition coefficient (Wildman–Crippen LogP) is 2.17. The molecule has 4 heteroatoms. The highest BCUT2D eigenvalue weighted by molar-refractivity contribution is 5.51. The molecule has 0 spiro atoms. The van der Waals surface area contributed by atoms with Gasteiger partial charge in [-0.05, 0) is 38.1 Å². The van der Waals surface area contributed by atoms with Crippen LogP contribution in [0.3, 0.4) is 0 Å². The number of ether oxygens (including phenoxy) is 1. The molecule has 4 nitrogen and oxygen atoms in total. The lowest BCUT2D eigenvalue weighted by molar-refractivity contribution is 0.340. The quantitative estimate of drug-likeness (QED) is 0.900. The van der Waals surface area contributed by atoms with Gasteiger partial charge >= 0.3 is 0 Å². The van der Waals surface area contributed by atoms with Crippen LogP contribution in [0.4, 0.5) is 5.69 Å². The van der Waals surface area contributed by atoms with Crippen molar-refractivity contribution in [2.75, 3.05) is 24.6 Å². The lowest BCUT2D eigenvalue weighted by atomic mass is 10.1. The van der Waals surface area contributed by atoms with Crippen LogP contribution >= 0.6 is 0 Å². The number of nitriles is 1. The lowest BCUT2D eigenvalue weighted by Crippen LogP contribution is -2.55. The Morgan fingerprint density at radius 1 is 1.42 bits per heavy atom. The van der Waals surface area contributed by atoms with Crippen molar-refractivity contribution >= 4 is 5.69 Å². The topological polar surface area (TPSA) is 48.3 Å². The van der Waals surface area contributed by atoms with E-state index in [1.165, 1.54) is 0 Å². The molecule has 0 saturated carbocycles. The lowest BCUT2D eigenvalue weighted by Gasteiger charge is -2.40. The summed E-state index contributed by atoms with van der Waals surface area (Å²) in [6.07, 6.45) is 0.549. The molecule has 1 saturated heterocycles. The van der Waals surface area contributed by atoms with Crippen molar-refractivity contribution in [1.82, 2.24) is 5.32 Å². The first-order valence-electron chi connectivity index (χ1n) is 6.84. The fourth-order valence-corrected chi connectivity index (χ4v) is 2.46. The molecule has 0 aromatic heterocycles. The minimum absolute atomic E-state index is 0.249. The van der Waals surface area contributed by atoms with Crippen LogP contribution in [0.1, 0.15) is 20.3 Å². The molecule has 1 heterocycles. The van der Waals surface area contributed by atoms with E-state index in [0.29, 0.717) is 19.1 Å². The highest BCUT2D eigenvalue weighted by atomic mass is 16.5. The first-order valence-corrected chi connectivity index (χ1v) is 6.84. The largest absolute Gasteiger partial charge is 0.494 e. The zero-order chi connectivity index (χ0) is 13.7. The van der Waals surface area contributed by atoms with Crippen molar-refractivity contribution in [3.05, 3.63) is 24.3 Å². The van der Waals surface area contributed by atoms with Gasteiger partial charge < -0.3 is 15.0 Å². The van der Waals surface area contributed by atoms with Crippen LogP contribution < -0.4 is 15.0 Å². The van der Waals surface area contributed by atoms with Gasteiger partial charge in [0.15, 0.2) is 0 Å². The summed E-state index contributed by atoms with van der Waals surface area (Å²) < 4.78 is 5.46. The molecule has 2 unspecified atom stereocenters. The average molecular weight is 259 g/mol. The van der Waals surface area contributed by atoms with E-state index in [1.807, 2.05) is 19.1 Å². The molecule has 0 radical (unpaired) electrons. The van der Waals surface area contributed by atoms with Crippen LogP contribution in [0.5, 0.6) is 5.75 Å². The van der Waals surface area contributed by atoms with E-state index in [4.69, 9.17) is 10.00 Å². The smallest absolute Gasteiger partial charge is 0.119 e. The summed E-state index contributed by atoms with van der Waals surface area (Å²) in [5, 5.41) is 12.4. The number of nitrogens with one attached hydrogen (secondary N) is 1. The van der Waals surface area contributed by atoms with E-state index in [1.54, 1.807) is 0 Å². The Balaban J connectivity index is 2.14. The summed E-state index contributed by atoms with van der Waals surface area (Å²) in [6.45, 7) is 6.63. The fourth-order valence-electron chi connectivity index (χ4n) is 2.46. The second-order valence-electron chi connectivity index (χ2n) is 4.90. The number of anilines is 1. The number of benzene rings is 1.